The molecule has 1 aromatic carbocycles. The average Bonchev–Trinajstić information content (AvgIpc) is 2.75. The summed E-state index contributed by atoms with van der Waals surface area (Å²) in [4.78, 5) is 4.80. The number of nitrogens with two attached hydrogens (primary N) is 1. The lowest BCUT2D eigenvalue weighted by molar-refractivity contribution is 0.0210. The first kappa shape index (κ1) is 15.0. The van der Waals surface area contributed by atoms with Gasteiger partial charge in [-0.1, -0.05) is 13.0 Å². The Labute approximate surface area is 120 Å². The lowest BCUT2D eigenvalue weighted by Gasteiger charge is -2.22. The average molecular weight is 275 g/mol. The molecule has 0 aliphatic heterocycles. The fraction of sp³-hybridized carbons (Fsp3) is 0.562. The van der Waals surface area contributed by atoms with Gasteiger partial charge in [-0.25, -0.2) is 4.98 Å². The Kier molecular flexibility index (Phi) is 4.45. The molecule has 2 N–H and O–H groups in total. The molecule has 1 heterocycles. The maximum absolute atomic E-state index is 5.71. The summed E-state index contributed by atoms with van der Waals surface area (Å²) in [5.41, 5.74) is 8.85. The Morgan fingerprint density at radius 1 is 1.35 bits per heavy atom. The van der Waals surface area contributed by atoms with Crippen LogP contribution in [-0.4, -0.2) is 22.3 Å². The molecule has 0 amide bonds. The Bertz CT molecular complexity index is 587. The quantitative estimate of drug-likeness (QED) is 0.882. The van der Waals surface area contributed by atoms with Crippen molar-refractivity contribution in [2.24, 2.45) is 5.73 Å². The van der Waals surface area contributed by atoms with Crippen molar-refractivity contribution >= 4 is 11.0 Å². The van der Waals surface area contributed by atoms with E-state index in [1.807, 2.05) is 0 Å². The number of ether oxygens (including phenoxy) is 1. The van der Waals surface area contributed by atoms with Crippen LogP contribution in [-0.2, 0) is 24.2 Å². The zero-order valence-electron chi connectivity index (χ0n) is 12.9. The molecule has 0 unspecified atom stereocenters. The molecule has 0 aliphatic carbocycles. The minimum Gasteiger partial charge on any atom is -0.378 e. The highest BCUT2D eigenvalue weighted by molar-refractivity contribution is 5.77. The van der Waals surface area contributed by atoms with Gasteiger partial charge >= 0.3 is 0 Å². The Hall–Kier alpha value is -1.39. The number of hydrogen-bond donors (Lipinski definition) is 1. The van der Waals surface area contributed by atoms with E-state index in [4.69, 9.17) is 15.5 Å². The number of aryl methyl sites for hydroxylation is 1. The van der Waals surface area contributed by atoms with Crippen molar-refractivity contribution in [1.29, 1.82) is 0 Å². The topological polar surface area (TPSA) is 53.1 Å². The Morgan fingerprint density at radius 3 is 2.70 bits per heavy atom. The first-order valence-corrected chi connectivity index (χ1v) is 7.24. The number of aromatic nitrogens is 2. The second-order valence-electron chi connectivity index (χ2n) is 5.85. The molecule has 4 nitrogen and oxygen atoms in total. The number of hydrogen-bond acceptors (Lipinski definition) is 3. The highest BCUT2D eigenvalue weighted by atomic mass is 16.5. The van der Waals surface area contributed by atoms with Crippen molar-refractivity contribution in [3.63, 3.8) is 0 Å². The third-order valence-corrected chi connectivity index (χ3v) is 3.71. The lowest BCUT2D eigenvalue weighted by atomic mass is 10.0. The highest BCUT2D eigenvalue weighted by Crippen LogP contribution is 2.22. The number of imidazole rings is 1. The molecule has 2 rings (SSSR count). The molecule has 20 heavy (non-hydrogen) atoms. The van der Waals surface area contributed by atoms with E-state index >= 15 is 0 Å². The molecular weight excluding hydrogens is 250 g/mol. The minimum atomic E-state index is -0.205. The molecule has 1 aromatic heterocycles. The van der Waals surface area contributed by atoms with Crippen molar-refractivity contribution in [1.82, 2.24) is 9.55 Å². The summed E-state index contributed by atoms with van der Waals surface area (Å²) in [6.45, 7) is 7.90. The lowest BCUT2D eigenvalue weighted by Crippen LogP contribution is -2.27. The van der Waals surface area contributed by atoms with E-state index in [1.165, 1.54) is 5.52 Å². The van der Waals surface area contributed by atoms with Crippen LogP contribution in [0.3, 0.4) is 0 Å². The number of nitrogens with zero attached hydrogens (tertiary/aromatic N) is 2. The zero-order valence-corrected chi connectivity index (χ0v) is 12.9. The fourth-order valence-electron chi connectivity index (χ4n) is 2.41. The predicted octanol–water partition coefficient (Wildman–Crippen LogP) is 2.87. The van der Waals surface area contributed by atoms with Crippen LogP contribution in [0, 0.1) is 0 Å². The second-order valence-corrected chi connectivity index (χ2v) is 5.85. The molecule has 0 saturated heterocycles. The molecule has 0 saturated carbocycles. The summed E-state index contributed by atoms with van der Waals surface area (Å²) in [5, 5.41) is 0. The van der Waals surface area contributed by atoms with Gasteiger partial charge in [-0.05, 0) is 38.0 Å². The third-order valence-electron chi connectivity index (χ3n) is 3.71. The van der Waals surface area contributed by atoms with E-state index in [0.717, 1.165) is 36.3 Å². The van der Waals surface area contributed by atoms with E-state index in [-0.39, 0.29) is 5.60 Å². The molecule has 110 valence electrons. The monoisotopic (exact) mass is 275 g/mol. The van der Waals surface area contributed by atoms with Gasteiger partial charge in [-0.15, -0.1) is 0 Å². The van der Waals surface area contributed by atoms with E-state index in [2.05, 4.69) is 43.5 Å². The molecule has 0 fully saturated rings. The van der Waals surface area contributed by atoms with Crippen LogP contribution in [0.4, 0.5) is 0 Å². The molecule has 0 aliphatic rings. The van der Waals surface area contributed by atoms with E-state index in [0.29, 0.717) is 6.54 Å². The van der Waals surface area contributed by atoms with Gasteiger partial charge in [0.15, 0.2) is 0 Å². The fourth-order valence-corrected chi connectivity index (χ4v) is 2.41. The molecular formula is C16H25N3O. The normalized spacial score (nSPS) is 12.2. The number of fused-ring (bicyclic) bond motifs is 1. The van der Waals surface area contributed by atoms with Crippen LogP contribution in [0.2, 0.25) is 0 Å². The van der Waals surface area contributed by atoms with Crippen molar-refractivity contribution in [2.75, 3.05) is 7.11 Å². The molecule has 0 radical (unpaired) electrons. The van der Waals surface area contributed by atoms with Gasteiger partial charge in [0.1, 0.15) is 5.82 Å². The molecule has 2 aromatic rings. The van der Waals surface area contributed by atoms with Gasteiger partial charge in [0.05, 0.1) is 16.6 Å². The SMILES string of the molecule is CCCn1c(CC(C)(C)OC)nc2cc(CN)ccc21. The summed E-state index contributed by atoms with van der Waals surface area (Å²) in [7, 11) is 1.75. The van der Waals surface area contributed by atoms with Crippen molar-refractivity contribution in [3.05, 3.63) is 29.6 Å². The molecule has 4 heteroatoms. The van der Waals surface area contributed by atoms with Crippen LogP contribution in [0.15, 0.2) is 18.2 Å². The first-order valence-electron chi connectivity index (χ1n) is 7.24. The zero-order chi connectivity index (χ0) is 14.8. The standard InChI is InChI=1S/C16H25N3O/c1-5-8-19-14-7-6-12(11-17)9-13(14)18-15(19)10-16(2,3)20-4/h6-7,9H,5,8,10-11,17H2,1-4H3. The van der Waals surface area contributed by atoms with E-state index in [1.54, 1.807) is 7.11 Å². The number of methoxy groups -OCH3 is 1. The van der Waals surface area contributed by atoms with Crippen LogP contribution < -0.4 is 5.73 Å². The maximum Gasteiger partial charge on any atom is 0.112 e. The number of rotatable bonds is 6. The summed E-state index contributed by atoms with van der Waals surface area (Å²) in [6.07, 6.45) is 1.89. The highest BCUT2D eigenvalue weighted by Gasteiger charge is 2.21. The van der Waals surface area contributed by atoms with Gasteiger partial charge in [-0.3, -0.25) is 0 Å². The maximum atomic E-state index is 5.71. The largest absolute Gasteiger partial charge is 0.378 e. The Balaban J connectivity index is 2.49. The second kappa shape index (κ2) is 5.94. The summed E-state index contributed by atoms with van der Waals surface area (Å²) in [6, 6.07) is 6.30. The molecule has 0 atom stereocenters. The molecule has 0 spiro atoms. The summed E-state index contributed by atoms with van der Waals surface area (Å²) < 4.78 is 7.84. The van der Waals surface area contributed by atoms with E-state index < -0.39 is 0 Å². The minimum absolute atomic E-state index is 0.205. The molecule has 0 bridgehead atoms. The van der Waals surface area contributed by atoms with Crippen molar-refractivity contribution in [3.8, 4) is 0 Å². The smallest absolute Gasteiger partial charge is 0.112 e. The summed E-state index contributed by atoms with van der Waals surface area (Å²) in [5.74, 6) is 1.09. The van der Waals surface area contributed by atoms with Crippen molar-refractivity contribution < 1.29 is 4.74 Å². The van der Waals surface area contributed by atoms with Gasteiger partial charge in [-0.2, -0.15) is 0 Å². The number of benzene rings is 1. The predicted molar refractivity (Wildman–Crippen MR) is 82.7 cm³/mol. The van der Waals surface area contributed by atoms with Crippen LogP contribution >= 0.6 is 0 Å². The Morgan fingerprint density at radius 2 is 2.10 bits per heavy atom. The first-order chi connectivity index (χ1) is 9.50. The van der Waals surface area contributed by atoms with Gasteiger partial charge in [0.25, 0.3) is 0 Å². The van der Waals surface area contributed by atoms with Crippen molar-refractivity contribution in [2.45, 2.75) is 52.3 Å². The van der Waals surface area contributed by atoms with Crippen LogP contribution in [0.5, 0.6) is 0 Å². The van der Waals surface area contributed by atoms with Gasteiger partial charge in [0.2, 0.25) is 0 Å². The third kappa shape index (κ3) is 3.02. The van der Waals surface area contributed by atoms with Crippen LogP contribution in [0.1, 0.15) is 38.6 Å². The summed E-state index contributed by atoms with van der Waals surface area (Å²) >= 11 is 0. The van der Waals surface area contributed by atoms with E-state index in [9.17, 15) is 0 Å². The van der Waals surface area contributed by atoms with Gasteiger partial charge in [0, 0.05) is 26.6 Å². The van der Waals surface area contributed by atoms with Crippen LogP contribution in [0.25, 0.3) is 11.0 Å². The van der Waals surface area contributed by atoms with Gasteiger partial charge < -0.3 is 15.0 Å².